The van der Waals surface area contributed by atoms with E-state index >= 15 is 0 Å². The van der Waals surface area contributed by atoms with Crippen LogP contribution >= 0.6 is 0 Å². The number of rotatable bonds is 6. The molecule has 6 nitrogen and oxygen atoms in total. The number of sulfonamides is 1. The van der Waals surface area contributed by atoms with Crippen LogP contribution in [-0.2, 0) is 16.6 Å². The fraction of sp³-hybridized carbons (Fsp3) is 0.167. The molecule has 5 aromatic rings. The number of amides is 1. The summed E-state index contributed by atoms with van der Waals surface area (Å²) in [7, 11) is -3.52. The van der Waals surface area contributed by atoms with Crippen molar-refractivity contribution in [1.29, 1.82) is 0 Å². The molecule has 1 aromatic heterocycles. The number of para-hydroxylation sites is 1. The number of nitrogens with one attached hydrogen (secondary N) is 1. The maximum atomic E-state index is 12.9. The average Bonchev–Trinajstić information content (AvgIpc) is 3.20. The molecule has 0 aliphatic rings. The molecule has 0 unspecified atom stereocenters. The number of aryl methyl sites for hydroxylation is 3. The van der Waals surface area contributed by atoms with Gasteiger partial charge in [-0.05, 0) is 67.8 Å². The van der Waals surface area contributed by atoms with Gasteiger partial charge in [0.05, 0.1) is 18.5 Å². The van der Waals surface area contributed by atoms with E-state index in [1.54, 1.807) is 24.3 Å². The quantitative estimate of drug-likeness (QED) is 0.274. The molecule has 188 valence electrons. The molecule has 0 atom stereocenters. The van der Waals surface area contributed by atoms with Gasteiger partial charge in [0.2, 0.25) is 10.0 Å². The van der Waals surface area contributed by atoms with Gasteiger partial charge in [0.1, 0.15) is 11.2 Å². The molecule has 0 saturated carbocycles. The van der Waals surface area contributed by atoms with E-state index in [1.165, 1.54) is 10.6 Å². The van der Waals surface area contributed by atoms with E-state index in [-0.39, 0.29) is 12.5 Å². The van der Waals surface area contributed by atoms with E-state index in [1.807, 2.05) is 75.4 Å². The Balaban J connectivity index is 1.35. The first kappa shape index (κ1) is 24.6. The third-order valence-electron chi connectivity index (χ3n) is 6.46. The van der Waals surface area contributed by atoms with Gasteiger partial charge in [0, 0.05) is 28.1 Å². The van der Waals surface area contributed by atoms with Crippen LogP contribution < -0.4 is 9.62 Å². The number of benzene rings is 4. The minimum atomic E-state index is -3.52. The van der Waals surface area contributed by atoms with E-state index < -0.39 is 10.0 Å². The van der Waals surface area contributed by atoms with Gasteiger partial charge >= 0.3 is 0 Å². The van der Waals surface area contributed by atoms with Crippen LogP contribution in [0.2, 0.25) is 0 Å². The summed E-state index contributed by atoms with van der Waals surface area (Å²) in [5, 5.41) is 4.95. The SMILES string of the molecule is Cc1cc(C)c(N(Cc2ccc(C(=O)Nc3ccc4c(c3)oc3ccccc34)cc2)S(C)(=O)=O)c(C)c1. The number of furan rings is 1. The van der Waals surface area contributed by atoms with Crippen LogP contribution in [0.3, 0.4) is 0 Å². The van der Waals surface area contributed by atoms with Gasteiger partial charge in [0.15, 0.2) is 0 Å². The average molecular weight is 513 g/mol. The second kappa shape index (κ2) is 9.41. The fourth-order valence-corrected chi connectivity index (χ4v) is 5.87. The number of anilines is 2. The number of nitrogens with zero attached hydrogens (tertiary/aromatic N) is 1. The largest absolute Gasteiger partial charge is 0.456 e. The smallest absolute Gasteiger partial charge is 0.255 e. The van der Waals surface area contributed by atoms with E-state index in [0.717, 1.165) is 38.6 Å². The highest BCUT2D eigenvalue weighted by Gasteiger charge is 2.22. The van der Waals surface area contributed by atoms with Crippen LogP contribution in [0.15, 0.2) is 83.3 Å². The van der Waals surface area contributed by atoms with Crippen molar-refractivity contribution < 1.29 is 17.6 Å². The highest BCUT2D eigenvalue weighted by Crippen LogP contribution is 2.31. The van der Waals surface area contributed by atoms with Gasteiger partial charge in [-0.2, -0.15) is 0 Å². The number of hydrogen-bond acceptors (Lipinski definition) is 4. The Morgan fingerprint density at radius 1 is 0.838 bits per heavy atom. The Labute approximate surface area is 216 Å². The Morgan fingerprint density at radius 3 is 2.16 bits per heavy atom. The molecule has 0 spiro atoms. The molecule has 37 heavy (non-hydrogen) atoms. The Morgan fingerprint density at radius 2 is 1.49 bits per heavy atom. The van der Waals surface area contributed by atoms with Crippen molar-refractivity contribution in [3.05, 3.63) is 107 Å². The highest BCUT2D eigenvalue weighted by atomic mass is 32.2. The van der Waals surface area contributed by atoms with Gasteiger partial charge in [-0.1, -0.05) is 48.0 Å². The van der Waals surface area contributed by atoms with E-state index in [4.69, 9.17) is 4.42 Å². The topological polar surface area (TPSA) is 79.6 Å². The molecular weight excluding hydrogens is 484 g/mol. The van der Waals surface area contributed by atoms with Crippen LogP contribution in [0.25, 0.3) is 21.9 Å². The van der Waals surface area contributed by atoms with Crippen LogP contribution in [0.5, 0.6) is 0 Å². The van der Waals surface area contributed by atoms with Gasteiger partial charge in [-0.15, -0.1) is 0 Å². The standard InChI is InChI=1S/C30H28N2O4S/c1-19-15-20(2)29(21(3)16-19)32(37(4,34)35)18-22-9-11-23(12-10-22)30(33)31-24-13-14-26-25-7-5-6-8-27(25)36-28(26)17-24/h5-17H,18H2,1-4H3,(H,31,33). The summed E-state index contributed by atoms with van der Waals surface area (Å²) in [4.78, 5) is 12.9. The number of carbonyl (C=O) groups excluding carboxylic acids is 1. The van der Waals surface area contributed by atoms with Crippen LogP contribution in [0.4, 0.5) is 11.4 Å². The van der Waals surface area contributed by atoms with E-state index in [2.05, 4.69) is 5.32 Å². The highest BCUT2D eigenvalue weighted by molar-refractivity contribution is 7.92. The summed E-state index contributed by atoms with van der Waals surface area (Å²) in [6.07, 6.45) is 1.21. The summed E-state index contributed by atoms with van der Waals surface area (Å²) < 4.78 is 32.8. The molecule has 7 heteroatoms. The van der Waals surface area contributed by atoms with Gasteiger partial charge < -0.3 is 9.73 Å². The molecule has 0 saturated heterocycles. The van der Waals surface area contributed by atoms with Crippen molar-refractivity contribution in [3.63, 3.8) is 0 Å². The van der Waals surface area contributed by atoms with Crippen molar-refractivity contribution in [1.82, 2.24) is 0 Å². The molecule has 1 heterocycles. The van der Waals surface area contributed by atoms with Crippen molar-refractivity contribution >= 4 is 49.2 Å². The summed E-state index contributed by atoms with van der Waals surface area (Å²) >= 11 is 0. The molecule has 0 aliphatic carbocycles. The maximum Gasteiger partial charge on any atom is 0.255 e. The number of hydrogen-bond donors (Lipinski definition) is 1. The summed E-state index contributed by atoms with van der Waals surface area (Å²) in [6, 6.07) is 24.4. The first-order valence-electron chi connectivity index (χ1n) is 12.0. The van der Waals surface area contributed by atoms with Gasteiger partial charge in [0.25, 0.3) is 5.91 Å². The fourth-order valence-electron chi connectivity index (χ4n) is 4.86. The summed E-state index contributed by atoms with van der Waals surface area (Å²) in [5.74, 6) is -0.257. The lowest BCUT2D eigenvalue weighted by molar-refractivity contribution is 0.102. The molecule has 0 aliphatic heterocycles. The molecule has 0 radical (unpaired) electrons. The first-order chi connectivity index (χ1) is 17.6. The molecule has 1 amide bonds. The normalized spacial score (nSPS) is 11.7. The number of fused-ring (bicyclic) bond motifs is 3. The maximum absolute atomic E-state index is 12.9. The summed E-state index contributed by atoms with van der Waals surface area (Å²) in [6.45, 7) is 6.01. The molecule has 5 rings (SSSR count). The minimum Gasteiger partial charge on any atom is -0.456 e. The summed E-state index contributed by atoms with van der Waals surface area (Å²) in [5.41, 5.74) is 6.98. The first-order valence-corrected chi connectivity index (χ1v) is 13.8. The second-order valence-electron chi connectivity index (χ2n) is 9.48. The Kier molecular flexibility index (Phi) is 6.25. The third kappa shape index (κ3) is 4.95. The Hall–Kier alpha value is -4.10. The van der Waals surface area contributed by atoms with Crippen molar-refractivity contribution in [2.45, 2.75) is 27.3 Å². The van der Waals surface area contributed by atoms with Crippen molar-refractivity contribution in [2.24, 2.45) is 0 Å². The molecule has 4 aromatic carbocycles. The van der Waals surface area contributed by atoms with Crippen LogP contribution in [0, 0.1) is 20.8 Å². The molecule has 0 fully saturated rings. The lowest BCUT2D eigenvalue weighted by Crippen LogP contribution is -2.30. The van der Waals surface area contributed by atoms with E-state index in [9.17, 15) is 13.2 Å². The minimum absolute atomic E-state index is 0.175. The van der Waals surface area contributed by atoms with Crippen molar-refractivity contribution in [3.8, 4) is 0 Å². The second-order valence-corrected chi connectivity index (χ2v) is 11.4. The van der Waals surface area contributed by atoms with E-state index in [0.29, 0.717) is 22.5 Å². The predicted octanol–water partition coefficient (Wildman–Crippen LogP) is 6.73. The molecular formula is C30H28N2O4S. The van der Waals surface area contributed by atoms with Crippen molar-refractivity contribution in [2.75, 3.05) is 15.9 Å². The Bertz CT molecular complexity index is 1730. The number of carbonyl (C=O) groups is 1. The molecule has 1 N–H and O–H groups in total. The zero-order valence-electron chi connectivity index (χ0n) is 21.2. The van der Waals surface area contributed by atoms with Crippen LogP contribution in [0.1, 0.15) is 32.6 Å². The lowest BCUT2D eigenvalue weighted by atomic mass is 10.0. The third-order valence-corrected chi connectivity index (χ3v) is 7.58. The van der Waals surface area contributed by atoms with Crippen LogP contribution in [-0.4, -0.2) is 20.6 Å². The monoisotopic (exact) mass is 512 g/mol. The van der Waals surface area contributed by atoms with Gasteiger partial charge in [-0.3, -0.25) is 9.10 Å². The van der Waals surface area contributed by atoms with Gasteiger partial charge in [-0.25, -0.2) is 8.42 Å². The molecule has 0 bridgehead atoms. The zero-order valence-corrected chi connectivity index (χ0v) is 22.0. The lowest BCUT2D eigenvalue weighted by Gasteiger charge is -2.26. The zero-order chi connectivity index (χ0) is 26.3. The predicted molar refractivity (Wildman–Crippen MR) is 150 cm³/mol.